The van der Waals surface area contributed by atoms with Crippen molar-refractivity contribution in [2.45, 2.75) is 0 Å². The maximum absolute atomic E-state index is 9.12. The van der Waals surface area contributed by atoms with Gasteiger partial charge < -0.3 is 4.57 Å². The molecule has 0 fully saturated rings. The Balaban J connectivity index is 2.35. The number of hydrogen-bond donors (Lipinski definition) is 0. The second kappa shape index (κ2) is 4.53. The summed E-state index contributed by atoms with van der Waals surface area (Å²) < 4.78 is 3.13. The molecule has 6 heteroatoms. The van der Waals surface area contributed by atoms with Crippen LogP contribution in [0.25, 0.3) is 22.4 Å². The fraction of sp³-hybridized carbons (Fsp3) is 0.0769. The molecule has 0 aliphatic rings. The van der Waals surface area contributed by atoms with Gasteiger partial charge in [-0.3, -0.25) is 0 Å². The molecular formula is C13H7Cl2N3S. The standard InChI is InChI=1S/C13H7Cl2N3S/c1-18-9-4-2-3-7(6-16)11(9)17-13(18)8-5-10(14)19-12(8)15/h2-5H,1H3. The first-order chi connectivity index (χ1) is 9.11. The van der Waals surface area contributed by atoms with E-state index in [0.717, 1.165) is 11.1 Å². The third kappa shape index (κ3) is 1.91. The van der Waals surface area contributed by atoms with Crippen LogP contribution in [0.2, 0.25) is 8.67 Å². The molecule has 0 aliphatic heterocycles. The van der Waals surface area contributed by atoms with Gasteiger partial charge in [0.2, 0.25) is 0 Å². The summed E-state index contributed by atoms with van der Waals surface area (Å²) in [5.74, 6) is 0.714. The largest absolute Gasteiger partial charge is 0.327 e. The Morgan fingerprint density at radius 2 is 2.16 bits per heavy atom. The summed E-state index contributed by atoms with van der Waals surface area (Å²) in [7, 11) is 1.90. The van der Waals surface area contributed by atoms with E-state index in [2.05, 4.69) is 11.1 Å². The minimum absolute atomic E-state index is 0.553. The highest BCUT2D eigenvalue weighted by atomic mass is 35.5. The maximum Gasteiger partial charge on any atom is 0.143 e. The summed E-state index contributed by atoms with van der Waals surface area (Å²) in [5, 5.41) is 9.12. The van der Waals surface area contributed by atoms with Crippen molar-refractivity contribution in [2.24, 2.45) is 7.05 Å². The highest BCUT2D eigenvalue weighted by Gasteiger charge is 2.16. The van der Waals surface area contributed by atoms with Crippen molar-refractivity contribution >= 4 is 45.6 Å². The van der Waals surface area contributed by atoms with Crippen molar-refractivity contribution in [1.82, 2.24) is 9.55 Å². The second-order valence-corrected chi connectivity index (χ2v) is 6.30. The predicted molar refractivity (Wildman–Crippen MR) is 78.8 cm³/mol. The summed E-state index contributed by atoms with van der Waals surface area (Å²) in [6, 6.07) is 9.46. The minimum Gasteiger partial charge on any atom is -0.327 e. The van der Waals surface area contributed by atoms with Crippen molar-refractivity contribution < 1.29 is 0 Å². The van der Waals surface area contributed by atoms with E-state index in [4.69, 9.17) is 28.5 Å². The van der Waals surface area contributed by atoms with Gasteiger partial charge in [0.25, 0.3) is 0 Å². The van der Waals surface area contributed by atoms with E-state index in [9.17, 15) is 0 Å². The van der Waals surface area contributed by atoms with Crippen LogP contribution in [0.15, 0.2) is 24.3 Å². The maximum atomic E-state index is 9.12. The Hall–Kier alpha value is -1.54. The molecule has 0 saturated heterocycles. The SMILES string of the molecule is Cn1c(-c2cc(Cl)sc2Cl)nc2c(C#N)cccc21. The zero-order valence-corrected chi connectivity index (χ0v) is 12.1. The molecule has 2 aromatic heterocycles. The first-order valence-corrected chi connectivity index (χ1v) is 7.00. The number of halogens is 2. The number of nitriles is 1. The van der Waals surface area contributed by atoms with E-state index in [-0.39, 0.29) is 0 Å². The van der Waals surface area contributed by atoms with Crippen LogP contribution >= 0.6 is 34.5 Å². The number of benzene rings is 1. The average Bonchev–Trinajstić information content (AvgIpc) is 2.90. The van der Waals surface area contributed by atoms with E-state index in [1.54, 1.807) is 12.1 Å². The molecule has 0 atom stereocenters. The first kappa shape index (κ1) is 12.5. The van der Waals surface area contributed by atoms with Crippen LogP contribution in [0.3, 0.4) is 0 Å². The van der Waals surface area contributed by atoms with Gasteiger partial charge in [0.1, 0.15) is 21.7 Å². The lowest BCUT2D eigenvalue weighted by Crippen LogP contribution is -1.91. The van der Waals surface area contributed by atoms with Gasteiger partial charge in [-0.15, -0.1) is 11.3 Å². The van der Waals surface area contributed by atoms with Crippen molar-refractivity contribution in [3.63, 3.8) is 0 Å². The van der Waals surface area contributed by atoms with Crippen LogP contribution in [0.1, 0.15) is 5.56 Å². The number of hydrogen-bond acceptors (Lipinski definition) is 3. The number of nitrogens with zero attached hydrogens (tertiary/aromatic N) is 3. The average molecular weight is 308 g/mol. The van der Waals surface area contributed by atoms with Crippen molar-refractivity contribution in [3.05, 3.63) is 38.5 Å². The number of para-hydroxylation sites is 1. The van der Waals surface area contributed by atoms with Crippen LogP contribution in [0.5, 0.6) is 0 Å². The molecule has 0 spiro atoms. The number of aryl methyl sites for hydroxylation is 1. The lowest BCUT2D eigenvalue weighted by Gasteiger charge is -2.00. The van der Waals surface area contributed by atoms with Gasteiger partial charge in [-0.25, -0.2) is 4.98 Å². The van der Waals surface area contributed by atoms with E-state index >= 15 is 0 Å². The Bertz CT molecular complexity index is 826. The molecule has 0 unspecified atom stereocenters. The third-order valence-corrected chi connectivity index (χ3v) is 4.42. The molecule has 19 heavy (non-hydrogen) atoms. The Kier molecular flexibility index (Phi) is 2.98. The van der Waals surface area contributed by atoms with E-state index in [0.29, 0.717) is 25.6 Å². The van der Waals surface area contributed by atoms with Crippen LogP contribution in [-0.2, 0) is 7.05 Å². The molecule has 2 heterocycles. The van der Waals surface area contributed by atoms with Crippen LogP contribution in [0, 0.1) is 11.3 Å². The van der Waals surface area contributed by atoms with E-state index < -0.39 is 0 Å². The van der Waals surface area contributed by atoms with Crippen molar-refractivity contribution in [1.29, 1.82) is 5.26 Å². The zero-order valence-electron chi connectivity index (χ0n) is 9.82. The highest BCUT2D eigenvalue weighted by molar-refractivity contribution is 7.20. The fourth-order valence-electron chi connectivity index (χ4n) is 2.04. The molecule has 0 amide bonds. The molecule has 0 aliphatic carbocycles. The second-order valence-electron chi connectivity index (χ2n) is 4.02. The van der Waals surface area contributed by atoms with Gasteiger partial charge in [0, 0.05) is 12.6 Å². The van der Waals surface area contributed by atoms with Crippen LogP contribution in [-0.4, -0.2) is 9.55 Å². The first-order valence-electron chi connectivity index (χ1n) is 5.42. The number of thiophene rings is 1. The van der Waals surface area contributed by atoms with E-state index in [1.165, 1.54) is 11.3 Å². The molecule has 0 bridgehead atoms. The lowest BCUT2D eigenvalue weighted by atomic mass is 10.2. The normalized spacial score (nSPS) is 10.8. The molecule has 0 radical (unpaired) electrons. The molecule has 3 nitrogen and oxygen atoms in total. The van der Waals surface area contributed by atoms with Crippen LogP contribution in [0.4, 0.5) is 0 Å². The molecular weight excluding hydrogens is 301 g/mol. The topological polar surface area (TPSA) is 41.6 Å². The van der Waals surface area contributed by atoms with Gasteiger partial charge in [0.15, 0.2) is 0 Å². The third-order valence-electron chi connectivity index (χ3n) is 2.93. The summed E-state index contributed by atoms with van der Waals surface area (Å²) in [4.78, 5) is 4.53. The van der Waals surface area contributed by atoms with Gasteiger partial charge >= 0.3 is 0 Å². The fourth-order valence-corrected chi connectivity index (χ4v) is 3.49. The quantitative estimate of drug-likeness (QED) is 0.665. The van der Waals surface area contributed by atoms with Gasteiger partial charge in [0.05, 0.1) is 15.4 Å². The molecule has 0 saturated carbocycles. The smallest absolute Gasteiger partial charge is 0.143 e. The van der Waals surface area contributed by atoms with Gasteiger partial charge in [-0.05, 0) is 18.2 Å². The minimum atomic E-state index is 0.553. The lowest BCUT2D eigenvalue weighted by molar-refractivity contribution is 0.960. The van der Waals surface area contributed by atoms with Gasteiger partial charge in [-0.2, -0.15) is 5.26 Å². The van der Waals surface area contributed by atoms with Gasteiger partial charge in [-0.1, -0.05) is 29.3 Å². The number of rotatable bonds is 1. The summed E-state index contributed by atoms with van der Waals surface area (Å²) >= 11 is 13.4. The molecule has 0 N–H and O–H groups in total. The molecule has 3 rings (SSSR count). The molecule has 94 valence electrons. The van der Waals surface area contributed by atoms with E-state index in [1.807, 2.05) is 23.7 Å². The highest BCUT2D eigenvalue weighted by Crippen LogP contribution is 2.38. The molecule has 1 aromatic carbocycles. The Morgan fingerprint density at radius 3 is 2.79 bits per heavy atom. The monoisotopic (exact) mass is 307 g/mol. The zero-order chi connectivity index (χ0) is 13.6. The summed E-state index contributed by atoms with van der Waals surface area (Å²) in [6.07, 6.45) is 0. The number of imidazole rings is 1. The van der Waals surface area contributed by atoms with Crippen molar-refractivity contribution in [3.8, 4) is 17.5 Å². The Morgan fingerprint density at radius 1 is 1.37 bits per heavy atom. The van der Waals surface area contributed by atoms with Crippen molar-refractivity contribution in [2.75, 3.05) is 0 Å². The van der Waals surface area contributed by atoms with Crippen LogP contribution < -0.4 is 0 Å². The number of fused-ring (bicyclic) bond motifs is 1. The Labute approximate surface area is 123 Å². The number of aromatic nitrogens is 2. The molecule has 3 aromatic rings. The summed E-state index contributed by atoms with van der Waals surface area (Å²) in [6.45, 7) is 0. The summed E-state index contributed by atoms with van der Waals surface area (Å²) in [5.41, 5.74) is 2.92. The predicted octanol–water partition coefficient (Wildman–Crippen LogP) is 4.48.